The third-order valence-electron chi connectivity index (χ3n) is 7.84. The van der Waals surface area contributed by atoms with Gasteiger partial charge in [0, 0.05) is 13.5 Å². The first-order chi connectivity index (χ1) is 16.7. The van der Waals surface area contributed by atoms with Crippen LogP contribution >= 0.6 is 0 Å². The fourth-order valence-corrected chi connectivity index (χ4v) is 10.1. The molecule has 4 nitrogen and oxygen atoms in total. The van der Waals surface area contributed by atoms with E-state index in [1.54, 1.807) is 7.11 Å². The van der Waals surface area contributed by atoms with Crippen LogP contribution in [0.5, 0.6) is 0 Å². The van der Waals surface area contributed by atoms with Gasteiger partial charge in [0.2, 0.25) is 0 Å². The van der Waals surface area contributed by atoms with Gasteiger partial charge in [-0.25, -0.2) is 0 Å². The lowest BCUT2D eigenvalue weighted by atomic mass is 9.64. The monoisotopic (exact) mass is 494 g/mol. The Kier molecular flexibility index (Phi) is 9.27. The van der Waals surface area contributed by atoms with Crippen molar-refractivity contribution in [2.24, 2.45) is 11.3 Å². The number of methoxy groups -OCH3 is 1. The van der Waals surface area contributed by atoms with E-state index in [0.29, 0.717) is 18.9 Å². The molecule has 0 N–H and O–H groups in total. The standard InChI is InChI=1S/C30H42O4Si/c1-24-20-26(33-23-32-6)21-25(30(24,5)18-13-19-31)22-34-35(29(2,3)4,27-14-9-7-10-15-27)28-16-11-8-12-17-28/h7-12,14-17,19,21,24,26H,13,18,20,22-23H2,1-6H3/t24-,26+,30+/m1/s1. The lowest BCUT2D eigenvalue weighted by Crippen LogP contribution is -2.66. The van der Waals surface area contributed by atoms with Crippen LogP contribution < -0.4 is 10.4 Å². The van der Waals surface area contributed by atoms with Gasteiger partial charge in [-0.3, -0.25) is 0 Å². The summed E-state index contributed by atoms with van der Waals surface area (Å²) in [6.45, 7) is 12.2. The molecule has 2 aromatic rings. The first kappa shape index (κ1) is 27.5. The fraction of sp³-hybridized carbons (Fsp3) is 0.500. The zero-order chi connectivity index (χ0) is 25.5. The summed E-state index contributed by atoms with van der Waals surface area (Å²) in [4.78, 5) is 11.3. The second-order valence-corrected chi connectivity index (χ2v) is 15.3. The highest BCUT2D eigenvalue weighted by Crippen LogP contribution is 2.47. The summed E-state index contributed by atoms with van der Waals surface area (Å²) in [5, 5.41) is 2.44. The summed E-state index contributed by atoms with van der Waals surface area (Å²) in [6, 6.07) is 21.5. The van der Waals surface area contributed by atoms with Crippen LogP contribution in [0.4, 0.5) is 0 Å². The maximum absolute atomic E-state index is 11.3. The molecule has 0 fully saturated rings. The van der Waals surface area contributed by atoms with Crippen molar-refractivity contribution >= 4 is 25.0 Å². The van der Waals surface area contributed by atoms with Gasteiger partial charge >= 0.3 is 0 Å². The van der Waals surface area contributed by atoms with Crippen molar-refractivity contribution in [2.75, 3.05) is 20.5 Å². The van der Waals surface area contributed by atoms with Gasteiger partial charge in [0.25, 0.3) is 8.32 Å². The van der Waals surface area contributed by atoms with Crippen molar-refractivity contribution in [1.29, 1.82) is 0 Å². The molecule has 0 radical (unpaired) electrons. The molecule has 0 saturated heterocycles. The van der Waals surface area contributed by atoms with Gasteiger partial charge in [-0.2, -0.15) is 0 Å². The summed E-state index contributed by atoms with van der Waals surface area (Å²) in [5.74, 6) is 0.354. The maximum Gasteiger partial charge on any atom is 0.261 e. The van der Waals surface area contributed by atoms with E-state index in [4.69, 9.17) is 13.9 Å². The van der Waals surface area contributed by atoms with Gasteiger partial charge in [0.05, 0.1) is 12.7 Å². The minimum Gasteiger partial charge on any atom is -0.403 e. The molecular weight excluding hydrogens is 452 g/mol. The zero-order valence-corrected chi connectivity index (χ0v) is 23.3. The van der Waals surface area contributed by atoms with Crippen LogP contribution in [0.25, 0.3) is 0 Å². The van der Waals surface area contributed by atoms with Crippen molar-refractivity contribution in [1.82, 2.24) is 0 Å². The Bertz CT molecular complexity index is 927. The van der Waals surface area contributed by atoms with Gasteiger partial charge in [0.15, 0.2) is 0 Å². The van der Waals surface area contributed by atoms with Gasteiger partial charge < -0.3 is 18.7 Å². The number of hydrogen-bond donors (Lipinski definition) is 0. The van der Waals surface area contributed by atoms with Crippen LogP contribution in [0.15, 0.2) is 72.3 Å². The van der Waals surface area contributed by atoms with Gasteiger partial charge in [-0.1, -0.05) is 101 Å². The number of rotatable bonds is 11. The normalized spacial score (nSPS) is 23.1. The second kappa shape index (κ2) is 11.8. The number of aldehydes is 1. The molecule has 3 rings (SSSR count). The predicted octanol–water partition coefficient (Wildman–Crippen LogP) is 5.50. The maximum atomic E-state index is 11.3. The highest BCUT2D eigenvalue weighted by molar-refractivity contribution is 6.99. The molecule has 0 saturated carbocycles. The van der Waals surface area contributed by atoms with Gasteiger partial charge in [-0.05, 0) is 45.2 Å². The Morgan fingerprint density at radius 2 is 1.60 bits per heavy atom. The second-order valence-electron chi connectivity index (χ2n) is 11.0. The smallest absolute Gasteiger partial charge is 0.261 e. The van der Waals surface area contributed by atoms with Crippen molar-refractivity contribution < 1.29 is 18.7 Å². The summed E-state index contributed by atoms with van der Waals surface area (Å²) in [5.41, 5.74) is 1.10. The first-order valence-electron chi connectivity index (χ1n) is 12.7. The number of carbonyl (C=O) groups excluding carboxylic acids is 1. The molecule has 5 heteroatoms. The molecule has 190 valence electrons. The summed E-state index contributed by atoms with van der Waals surface area (Å²) in [6.07, 6.45) is 5.51. The lowest BCUT2D eigenvalue weighted by molar-refractivity contribution is -0.108. The van der Waals surface area contributed by atoms with Gasteiger partial charge in [-0.15, -0.1) is 0 Å². The Morgan fingerprint density at radius 3 is 2.09 bits per heavy atom. The minimum absolute atomic E-state index is 0.0213. The van der Waals surface area contributed by atoms with E-state index in [-0.39, 0.29) is 23.4 Å². The van der Waals surface area contributed by atoms with E-state index in [1.807, 2.05) is 0 Å². The fourth-order valence-electron chi connectivity index (χ4n) is 5.61. The molecule has 0 unspecified atom stereocenters. The lowest BCUT2D eigenvalue weighted by Gasteiger charge is -2.47. The molecule has 0 aromatic heterocycles. The van der Waals surface area contributed by atoms with E-state index < -0.39 is 8.32 Å². The highest BCUT2D eigenvalue weighted by atomic mass is 28.4. The molecular formula is C30H42O4Si. The molecule has 2 aromatic carbocycles. The average Bonchev–Trinajstić information content (AvgIpc) is 2.85. The van der Waals surface area contributed by atoms with Crippen molar-refractivity contribution in [3.05, 3.63) is 72.3 Å². The van der Waals surface area contributed by atoms with Crippen molar-refractivity contribution in [3.63, 3.8) is 0 Å². The molecule has 0 heterocycles. The molecule has 0 spiro atoms. The number of benzene rings is 2. The van der Waals surface area contributed by atoms with Crippen molar-refractivity contribution in [3.8, 4) is 0 Å². The van der Waals surface area contributed by atoms with E-state index in [2.05, 4.69) is 101 Å². The highest BCUT2D eigenvalue weighted by Gasteiger charge is 2.51. The Hall–Kier alpha value is -2.05. The van der Waals surface area contributed by atoms with E-state index in [0.717, 1.165) is 19.1 Å². The molecule has 1 aliphatic carbocycles. The minimum atomic E-state index is -2.67. The zero-order valence-electron chi connectivity index (χ0n) is 22.3. The Balaban J connectivity index is 2.08. The first-order valence-corrected chi connectivity index (χ1v) is 14.6. The largest absolute Gasteiger partial charge is 0.403 e. The van der Waals surface area contributed by atoms with Crippen LogP contribution in [0.2, 0.25) is 5.04 Å². The van der Waals surface area contributed by atoms with Crippen LogP contribution in [0.3, 0.4) is 0 Å². The van der Waals surface area contributed by atoms with Crippen molar-refractivity contribution in [2.45, 2.75) is 65.0 Å². The number of carbonyl (C=O) groups is 1. The van der Waals surface area contributed by atoms with Crippen LogP contribution in [0, 0.1) is 11.3 Å². The summed E-state index contributed by atoms with van der Waals surface area (Å²) < 4.78 is 18.4. The molecule has 3 atom stereocenters. The topological polar surface area (TPSA) is 44.8 Å². The number of ether oxygens (including phenoxy) is 2. The number of hydrogen-bond acceptors (Lipinski definition) is 4. The molecule has 1 aliphatic rings. The van der Waals surface area contributed by atoms with E-state index >= 15 is 0 Å². The summed E-state index contributed by atoms with van der Waals surface area (Å²) >= 11 is 0. The quantitative estimate of drug-likeness (QED) is 0.179. The Morgan fingerprint density at radius 1 is 1.03 bits per heavy atom. The molecule has 0 amide bonds. The third-order valence-corrected chi connectivity index (χ3v) is 12.8. The third kappa shape index (κ3) is 5.86. The molecule has 0 bridgehead atoms. The van der Waals surface area contributed by atoms with E-state index in [1.165, 1.54) is 15.9 Å². The molecule has 0 aliphatic heterocycles. The predicted molar refractivity (Wildman–Crippen MR) is 146 cm³/mol. The van der Waals surface area contributed by atoms with Crippen LogP contribution in [-0.4, -0.2) is 41.2 Å². The molecule has 35 heavy (non-hydrogen) atoms. The Labute approximate surface area is 212 Å². The van der Waals surface area contributed by atoms with Crippen LogP contribution in [-0.2, 0) is 18.7 Å². The summed E-state index contributed by atoms with van der Waals surface area (Å²) in [7, 11) is -1.02. The average molecular weight is 495 g/mol. The van der Waals surface area contributed by atoms with E-state index in [9.17, 15) is 4.79 Å². The van der Waals surface area contributed by atoms with Crippen LogP contribution in [0.1, 0.15) is 53.9 Å². The van der Waals surface area contributed by atoms with Gasteiger partial charge in [0.1, 0.15) is 13.1 Å². The SMILES string of the molecule is COCO[C@@H]1C=C(CO[Si](c2ccccc2)(c2ccccc2)C(C)(C)C)[C@@](C)(CCC=O)[C@H](C)C1.